The molecular formula is C9H7Cl2F2NO3S. The fourth-order valence-electron chi connectivity index (χ4n) is 1.22. The van der Waals surface area contributed by atoms with Gasteiger partial charge in [0.15, 0.2) is 11.6 Å². The highest BCUT2D eigenvalue weighted by Gasteiger charge is 2.28. The van der Waals surface area contributed by atoms with Gasteiger partial charge in [-0.05, 0) is 13.0 Å². The van der Waals surface area contributed by atoms with Crippen LogP contribution in [0.25, 0.3) is 0 Å². The summed E-state index contributed by atoms with van der Waals surface area (Å²) in [7, 11) is 0.332. The molecule has 0 aromatic heterocycles. The van der Waals surface area contributed by atoms with E-state index in [-0.39, 0.29) is 6.54 Å². The van der Waals surface area contributed by atoms with E-state index in [1.807, 2.05) is 0 Å². The van der Waals surface area contributed by atoms with Crippen LogP contribution in [-0.2, 0) is 9.05 Å². The standard InChI is InChI=1S/C9H7Cl2F2NO3S/c1-2-14-9(15)4-3-5(12)7(13)8(6(4)10)18(11,16)17/h3H,2H2,1H3,(H,14,15). The molecule has 1 rings (SSSR count). The minimum absolute atomic E-state index is 0.205. The van der Waals surface area contributed by atoms with Gasteiger partial charge in [0, 0.05) is 17.2 Å². The van der Waals surface area contributed by atoms with Gasteiger partial charge in [-0.3, -0.25) is 4.79 Å². The summed E-state index contributed by atoms with van der Waals surface area (Å²) >= 11 is 5.57. The molecule has 0 radical (unpaired) electrons. The molecule has 0 saturated heterocycles. The second kappa shape index (κ2) is 5.38. The Morgan fingerprint density at radius 1 is 1.44 bits per heavy atom. The molecule has 0 aliphatic carbocycles. The number of hydrogen-bond donors (Lipinski definition) is 1. The van der Waals surface area contributed by atoms with Crippen molar-refractivity contribution in [3.63, 3.8) is 0 Å². The van der Waals surface area contributed by atoms with Crippen molar-refractivity contribution < 1.29 is 22.0 Å². The normalized spacial score (nSPS) is 11.4. The van der Waals surface area contributed by atoms with Crippen LogP contribution in [0.15, 0.2) is 11.0 Å². The number of carbonyl (C=O) groups is 1. The molecule has 1 N–H and O–H groups in total. The van der Waals surface area contributed by atoms with Gasteiger partial charge in [0.25, 0.3) is 15.0 Å². The van der Waals surface area contributed by atoms with Crippen LogP contribution in [0.3, 0.4) is 0 Å². The Labute approximate surface area is 111 Å². The third kappa shape index (κ3) is 2.90. The van der Waals surface area contributed by atoms with Crippen LogP contribution >= 0.6 is 22.3 Å². The summed E-state index contributed by atoms with van der Waals surface area (Å²) in [6, 6.07) is 0.508. The molecule has 1 aromatic carbocycles. The van der Waals surface area contributed by atoms with Crippen molar-refractivity contribution >= 4 is 37.2 Å². The lowest BCUT2D eigenvalue weighted by atomic mass is 10.2. The van der Waals surface area contributed by atoms with Gasteiger partial charge in [0.2, 0.25) is 0 Å². The van der Waals surface area contributed by atoms with Crippen LogP contribution in [0.2, 0.25) is 5.02 Å². The highest BCUT2D eigenvalue weighted by atomic mass is 35.7. The number of hydrogen-bond acceptors (Lipinski definition) is 3. The maximum Gasteiger partial charge on any atom is 0.265 e. The average Bonchev–Trinajstić information content (AvgIpc) is 2.22. The molecular weight excluding hydrogens is 311 g/mol. The van der Waals surface area contributed by atoms with Crippen molar-refractivity contribution in [3.8, 4) is 0 Å². The number of halogens is 4. The van der Waals surface area contributed by atoms with E-state index in [1.165, 1.54) is 0 Å². The third-order valence-electron chi connectivity index (χ3n) is 1.94. The lowest BCUT2D eigenvalue weighted by molar-refractivity contribution is 0.0955. The largest absolute Gasteiger partial charge is 0.352 e. The van der Waals surface area contributed by atoms with Crippen molar-refractivity contribution in [2.45, 2.75) is 11.8 Å². The zero-order valence-electron chi connectivity index (χ0n) is 8.93. The summed E-state index contributed by atoms with van der Waals surface area (Å²) in [5.41, 5.74) is -0.503. The molecule has 100 valence electrons. The molecule has 0 bridgehead atoms. The minimum atomic E-state index is -4.61. The Kier molecular flexibility index (Phi) is 4.52. The van der Waals surface area contributed by atoms with E-state index >= 15 is 0 Å². The first-order valence-corrected chi connectivity index (χ1v) is 7.29. The van der Waals surface area contributed by atoms with Gasteiger partial charge < -0.3 is 5.32 Å². The van der Waals surface area contributed by atoms with E-state index in [1.54, 1.807) is 6.92 Å². The summed E-state index contributed by atoms with van der Waals surface area (Å²) < 4.78 is 48.8. The molecule has 0 aliphatic rings. The molecule has 0 saturated carbocycles. The molecule has 0 aliphatic heterocycles. The van der Waals surface area contributed by atoms with E-state index in [0.29, 0.717) is 6.07 Å². The topological polar surface area (TPSA) is 63.2 Å². The van der Waals surface area contributed by atoms with E-state index in [4.69, 9.17) is 22.3 Å². The van der Waals surface area contributed by atoms with Gasteiger partial charge >= 0.3 is 0 Å². The van der Waals surface area contributed by atoms with Crippen LogP contribution in [-0.4, -0.2) is 20.9 Å². The van der Waals surface area contributed by atoms with Crippen molar-refractivity contribution in [2.24, 2.45) is 0 Å². The summed E-state index contributed by atoms with van der Waals surface area (Å²) in [5.74, 6) is -4.08. The van der Waals surface area contributed by atoms with Crippen molar-refractivity contribution in [3.05, 3.63) is 28.3 Å². The molecule has 0 fully saturated rings. The molecule has 0 atom stereocenters. The lowest BCUT2D eigenvalue weighted by Crippen LogP contribution is -2.24. The van der Waals surface area contributed by atoms with Gasteiger partial charge in [-0.25, -0.2) is 17.2 Å². The third-order valence-corrected chi connectivity index (χ3v) is 3.78. The number of carbonyl (C=O) groups excluding carboxylic acids is 1. The molecule has 0 spiro atoms. The highest BCUT2D eigenvalue weighted by molar-refractivity contribution is 8.13. The van der Waals surface area contributed by atoms with Crippen molar-refractivity contribution in [1.82, 2.24) is 5.32 Å². The van der Waals surface area contributed by atoms with Crippen LogP contribution in [0.5, 0.6) is 0 Å². The van der Waals surface area contributed by atoms with Crippen LogP contribution in [0.4, 0.5) is 8.78 Å². The number of benzene rings is 1. The molecule has 1 aromatic rings. The fourth-order valence-corrected chi connectivity index (χ4v) is 2.93. The first-order valence-electron chi connectivity index (χ1n) is 4.60. The second-order valence-corrected chi connectivity index (χ2v) is 6.04. The van der Waals surface area contributed by atoms with Crippen LogP contribution in [0, 0.1) is 11.6 Å². The second-order valence-electron chi connectivity index (χ2n) is 3.16. The van der Waals surface area contributed by atoms with E-state index in [2.05, 4.69) is 5.32 Å². The predicted molar refractivity (Wildman–Crippen MR) is 62.4 cm³/mol. The number of amides is 1. The first-order chi connectivity index (χ1) is 8.20. The van der Waals surface area contributed by atoms with Gasteiger partial charge in [-0.1, -0.05) is 11.6 Å². The van der Waals surface area contributed by atoms with Crippen LogP contribution in [0.1, 0.15) is 17.3 Å². The Morgan fingerprint density at radius 2 is 2.00 bits per heavy atom. The summed E-state index contributed by atoms with van der Waals surface area (Å²) in [5, 5.41) is 1.52. The van der Waals surface area contributed by atoms with E-state index in [9.17, 15) is 22.0 Å². The predicted octanol–water partition coefficient (Wildman–Crippen LogP) is 2.30. The Bertz CT molecular complexity index is 604. The highest BCUT2D eigenvalue weighted by Crippen LogP contribution is 2.32. The lowest BCUT2D eigenvalue weighted by Gasteiger charge is -2.09. The van der Waals surface area contributed by atoms with Gasteiger partial charge in [-0.15, -0.1) is 0 Å². The van der Waals surface area contributed by atoms with E-state index < -0.39 is 42.1 Å². The minimum Gasteiger partial charge on any atom is -0.352 e. The van der Waals surface area contributed by atoms with Gasteiger partial charge in [-0.2, -0.15) is 0 Å². The fraction of sp³-hybridized carbons (Fsp3) is 0.222. The first kappa shape index (κ1) is 15.1. The molecule has 1 amide bonds. The Balaban J connectivity index is 3.60. The Morgan fingerprint density at radius 3 is 2.44 bits per heavy atom. The van der Waals surface area contributed by atoms with Gasteiger partial charge in [0.1, 0.15) is 4.90 Å². The molecule has 18 heavy (non-hydrogen) atoms. The molecule has 0 heterocycles. The Hall–Kier alpha value is -0.920. The summed E-state index contributed by atoms with van der Waals surface area (Å²) in [4.78, 5) is 10.2. The summed E-state index contributed by atoms with van der Waals surface area (Å²) in [6.45, 7) is 1.79. The van der Waals surface area contributed by atoms with Crippen molar-refractivity contribution in [1.29, 1.82) is 0 Å². The van der Waals surface area contributed by atoms with Crippen molar-refractivity contribution in [2.75, 3.05) is 6.54 Å². The quantitative estimate of drug-likeness (QED) is 0.687. The summed E-state index contributed by atoms with van der Waals surface area (Å²) in [6.07, 6.45) is 0. The zero-order chi connectivity index (χ0) is 14.1. The average molecular weight is 318 g/mol. The molecule has 4 nitrogen and oxygen atoms in total. The molecule has 9 heteroatoms. The smallest absolute Gasteiger partial charge is 0.265 e. The van der Waals surface area contributed by atoms with Gasteiger partial charge in [0.05, 0.1) is 10.6 Å². The monoisotopic (exact) mass is 317 g/mol. The van der Waals surface area contributed by atoms with E-state index in [0.717, 1.165) is 0 Å². The zero-order valence-corrected chi connectivity index (χ0v) is 11.3. The maximum atomic E-state index is 13.3. The molecule has 0 unspecified atom stereocenters. The number of rotatable bonds is 3. The number of nitrogens with one attached hydrogen (secondary N) is 1. The van der Waals surface area contributed by atoms with Crippen LogP contribution < -0.4 is 5.32 Å². The maximum absolute atomic E-state index is 13.3. The SMILES string of the molecule is CCNC(=O)c1cc(F)c(F)c(S(=O)(=O)Cl)c1Cl.